The van der Waals surface area contributed by atoms with E-state index >= 15 is 0 Å². The average Bonchev–Trinajstić information content (AvgIpc) is 2.64. The van der Waals surface area contributed by atoms with E-state index in [0.29, 0.717) is 28.9 Å². The van der Waals surface area contributed by atoms with E-state index in [1.54, 1.807) is 12.1 Å². The molecule has 2 heterocycles. The molecule has 0 amide bonds. The predicted octanol–water partition coefficient (Wildman–Crippen LogP) is 2.19. The number of anilines is 2. The van der Waals surface area contributed by atoms with Gasteiger partial charge in [0.25, 0.3) is 0 Å². The Morgan fingerprint density at radius 3 is 2.52 bits per heavy atom. The maximum atomic E-state index is 14.0. The number of halogens is 2. The molecule has 1 aliphatic rings. The minimum absolute atomic E-state index is 0.0215. The van der Waals surface area contributed by atoms with Gasteiger partial charge in [-0.3, -0.25) is 9.80 Å². The third kappa shape index (κ3) is 4.63. The molecule has 0 aliphatic carbocycles. The molecule has 0 saturated carbocycles. The Labute approximate surface area is 164 Å². The van der Waals surface area contributed by atoms with Crippen molar-refractivity contribution in [3.63, 3.8) is 0 Å². The van der Waals surface area contributed by atoms with Gasteiger partial charge in [-0.1, -0.05) is 17.7 Å². The number of rotatable bonds is 5. The molecule has 1 aromatic heterocycles. The molecule has 9 heteroatoms. The molecule has 1 aliphatic heterocycles. The summed E-state index contributed by atoms with van der Waals surface area (Å²) in [7, 11) is 3.74. The molecule has 1 atom stereocenters. The molecule has 0 bridgehead atoms. The number of aromatic nitrogens is 3. The summed E-state index contributed by atoms with van der Waals surface area (Å²) in [6, 6.07) is 4.83. The van der Waals surface area contributed by atoms with Crippen LogP contribution in [0.3, 0.4) is 0 Å². The normalized spacial score (nSPS) is 17.1. The molecular formula is C18H25ClFN7. The first-order valence-electron chi connectivity index (χ1n) is 8.93. The van der Waals surface area contributed by atoms with Crippen molar-refractivity contribution in [2.24, 2.45) is 0 Å². The summed E-state index contributed by atoms with van der Waals surface area (Å²) < 4.78 is 14.0. The number of hydrogen-bond acceptors (Lipinski definition) is 7. The second-order valence-electron chi connectivity index (χ2n) is 6.93. The monoisotopic (exact) mass is 393 g/mol. The molecule has 2 aromatic rings. The molecule has 27 heavy (non-hydrogen) atoms. The van der Waals surface area contributed by atoms with Crippen LogP contribution >= 0.6 is 11.6 Å². The summed E-state index contributed by atoms with van der Waals surface area (Å²) in [5.74, 6) is 1.19. The lowest BCUT2D eigenvalue weighted by atomic mass is 10.1. The first-order chi connectivity index (χ1) is 12.8. The van der Waals surface area contributed by atoms with Gasteiger partial charge in [-0.05, 0) is 19.1 Å². The smallest absolute Gasteiger partial charge is 0.229 e. The number of nitrogen functional groups attached to an aromatic ring is 1. The van der Waals surface area contributed by atoms with Crippen LogP contribution in [0.25, 0.3) is 0 Å². The first kappa shape index (κ1) is 19.7. The highest BCUT2D eigenvalue weighted by molar-refractivity contribution is 6.31. The maximum absolute atomic E-state index is 14.0. The van der Waals surface area contributed by atoms with E-state index in [1.165, 1.54) is 6.07 Å². The second-order valence-corrected chi connectivity index (χ2v) is 7.34. The average molecular weight is 394 g/mol. The molecule has 146 valence electrons. The maximum Gasteiger partial charge on any atom is 0.229 e. The van der Waals surface area contributed by atoms with Crippen LogP contribution in [0, 0.1) is 5.82 Å². The number of piperazine rings is 1. The van der Waals surface area contributed by atoms with Crippen LogP contribution in [0.4, 0.5) is 16.3 Å². The van der Waals surface area contributed by atoms with Crippen molar-refractivity contribution in [3.8, 4) is 0 Å². The first-order valence-corrected chi connectivity index (χ1v) is 9.31. The zero-order valence-electron chi connectivity index (χ0n) is 15.9. The van der Waals surface area contributed by atoms with Gasteiger partial charge in [0.1, 0.15) is 5.82 Å². The number of nitrogens with zero attached hydrogens (tertiary/aromatic N) is 6. The van der Waals surface area contributed by atoms with Crippen molar-refractivity contribution in [1.29, 1.82) is 0 Å². The number of nitrogens with two attached hydrogens (primary N) is 1. The van der Waals surface area contributed by atoms with Gasteiger partial charge < -0.3 is 10.6 Å². The van der Waals surface area contributed by atoms with Crippen molar-refractivity contribution < 1.29 is 4.39 Å². The van der Waals surface area contributed by atoms with Crippen LogP contribution in [-0.2, 0) is 6.54 Å². The van der Waals surface area contributed by atoms with Crippen LogP contribution < -0.4 is 10.6 Å². The molecule has 7 nitrogen and oxygen atoms in total. The Morgan fingerprint density at radius 1 is 1.19 bits per heavy atom. The molecule has 1 saturated heterocycles. The Hall–Kier alpha value is -2.03. The van der Waals surface area contributed by atoms with Crippen molar-refractivity contribution >= 4 is 23.5 Å². The van der Waals surface area contributed by atoms with Crippen LogP contribution in [0.2, 0.25) is 5.02 Å². The zero-order valence-corrected chi connectivity index (χ0v) is 16.6. The quantitative estimate of drug-likeness (QED) is 0.834. The topological polar surface area (TPSA) is 74.4 Å². The number of hydrogen-bond donors (Lipinski definition) is 1. The Morgan fingerprint density at radius 2 is 1.89 bits per heavy atom. The largest absolute Gasteiger partial charge is 0.368 e. The predicted molar refractivity (Wildman–Crippen MR) is 105 cm³/mol. The number of benzene rings is 1. The van der Waals surface area contributed by atoms with E-state index in [1.807, 2.05) is 19.0 Å². The molecular weight excluding hydrogens is 369 g/mol. The van der Waals surface area contributed by atoms with Gasteiger partial charge in [-0.15, -0.1) is 0 Å². The minimum Gasteiger partial charge on any atom is -0.368 e. The molecule has 2 N–H and O–H groups in total. The second kappa shape index (κ2) is 8.33. The van der Waals surface area contributed by atoms with Crippen LogP contribution in [0.15, 0.2) is 18.2 Å². The van der Waals surface area contributed by atoms with Gasteiger partial charge >= 0.3 is 0 Å². The standard InChI is InChI=1S/C18H25ClFN7/c1-12(16-22-17(21)24-18(23-16)25(2)3)27-9-7-26(8-10-27)11-13-14(19)5-4-6-15(13)20/h4-6,12H,7-11H2,1-3H3,(H2,21,22,23,24). The lowest BCUT2D eigenvalue weighted by Gasteiger charge is -2.37. The van der Waals surface area contributed by atoms with Crippen molar-refractivity contribution in [1.82, 2.24) is 24.8 Å². The van der Waals surface area contributed by atoms with E-state index in [-0.39, 0.29) is 17.8 Å². The van der Waals surface area contributed by atoms with Crippen LogP contribution in [0.1, 0.15) is 24.4 Å². The van der Waals surface area contributed by atoms with Crippen molar-refractivity contribution in [2.75, 3.05) is 50.9 Å². The van der Waals surface area contributed by atoms with E-state index in [0.717, 1.165) is 26.2 Å². The Balaban J connectivity index is 1.64. The highest BCUT2D eigenvalue weighted by Crippen LogP contribution is 2.24. The Bertz CT molecular complexity index is 773. The van der Waals surface area contributed by atoms with E-state index in [9.17, 15) is 4.39 Å². The summed E-state index contributed by atoms with van der Waals surface area (Å²) in [4.78, 5) is 19.3. The van der Waals surface area contributed by atoms with Gasteiger partial charge in [0.2, 0.25) is 11.9 Å². The molecule has 1 aromatic carbocycles. The van der Waals surface area contributed by atoms with Gasteiger partial charge in [0, 0.05) is 57.4 Å². The Kier molecular flexibility index (Phi) is 6.08. The third-order valence-electron chi connectivity index (χ3n) is 4.83. The van der Waals surface area contributed by atoms with Crippen LogP contribution in [0.5, 0.6) is 0 Å². The van der Waals surface area contributed by atoms with Gasteiger partial charge in [-0.2, -0.15) is 15.0 Å². The zero-order chi connectivity index (χ0) is 19.6. The van der Waals surface area contributed by atoms with Crippen molar-refractivity contribution in [2.45, 2.75) is 19.5 Å². The summed E-state index contributed by atoms with van der Waals surface area (Å²) in [5, 5.41) is 0.475. The lowest BCUT2D eigenvalue weighted by Crippen LogP contribution is -2.47. The van der Waals surface area contributed by atoms with E-state index < -0.39 is 0 Å². The highest BCUT2D eigenvalue weighted by atomic mass is 35.5. The fourth-order valence-electron chi connectivity index (χ4n) is 3.16. The molecule has 0 radical (unpaired) electrons. The fourth-order valence-corrected chi connectivity index (χ4v) is 3.39. The van der Waals surface area contributed by atoms with E-state index in [4.69, 9.17) is 17.3 Å². The van der Waals surface area contributed by atoms with Crippen LogP contribution in [-0.4, -0.2) is 65.0 Å². The summed E-state index contributed by atoms with van der Waals surface area (Å²) in [6.45, 7) is 5.87. The third-order valence-corrected chi connectivity index (χ3v) is 5.18. The molecule has 0 spiro atoms. The summed E-state index contributed by atoms with van der Waals surface area (Å²) in [6.07, 6.45) is 0. The molecule has 1 unspecified atom stereocenters. The lowest BCUT2D eigenvalue weighted by molar-refractivity contribution is 0.0941. The van der Waals surface area contributed by atoms with Gasteiger partial charge in [-0.25, -0.2) is 4.39 Å². The van der Waals surface area contributed by atoms with E-state index in [2.05, 4.69) is 31.7 Å². The van der Waals surface area contributed by atoms with Gasteiger partial charge in [0.15, 0.2) is 5.82 Å². The highest BCUT2D eigenvalue weighted by Gasteiger charge is 2.25. The van der Waals surface area contributed by atoms with Crippen molar-refractivity contribution in [3.05, 3.63) is 40.4 Å². The summed E-state index contributed by atoms with van der Waals surface area (Å²) >= 11 is 6.15. The molecule has 1 fully saturated rings. The SMILES string of the molecule is CC(c1nc(N)nc(N(C)C)n1)N1CCN(Cc2c(F)cccc2Cl)CC1. The van der Waals surface area contributed by atoms with Gasteiger partial charge in [0.05, 0.1) is 6.04 Å². The fraction of sp³-hybridized carbons (Fsp3) is 0.500. The minimum atomic E-state index is -0.254. The molecule has 3 rings (SSSR count). The summed E-state index contributed by atoms with van der Waals surface area (Å²) in [5.41, 5.74) is 6.39.